The van der Waals surface area contributed by atoms with Crippen LogP contribution >= 0.6 is 0 Å². The number of rotatable bonds is 3. The number of ether oxygens (including phenoxy) is 1. The fraction of sp³-hybridized carbons (Fsp3) is 0.833. The number of hydrogen-bond acceptors (Lipinski definition) is 4. The Hall–Kier alpha value is -1.10. The molecular formula is C12H20N2O3. The third kappa shape index (κ3) is 2.97. The molecule has 2 rings (SSSR count). The van der Waals surface area contributed by atoms with E-state index in [4.69, 9.17) is 4.74 Å². The zero-order chi connectivity index (χ0) is 12.3. The number of fused-ring (bicyclic) bond motifs is 1. The van der Waals surface area contributed by atoms with Crippen molar-refractivity contribution in [2.45, 2.75) is 57.2 Å². The van der Waals surface area contributed by atoms with E-state index in [-0.39, 0.29) is 24.3 Å². The monoisotopic (exact) mass is 240 g/mol. The fourth-order valence-electron chi connectivity index (χ4n) is 2.66. The van der Waals surface area contributed by atoms with Crippen LogP contribution in [0.5, 0.6) is 0 Å². The standard InChI is InChI=1S/C12H20N2O3/c1-2-17-11(15)7-10-12(16)14-9-6-4-3-5-8(9)13-10/h8-10,13H,2-7H2,1H3,(H,14,16)/t8-,9-,10+/m1/s1. The normalized spacial score (nSPS) is 32.5. The van der Waals surface area contributed by atoms with Crippen molar-refractivity contribution in [3.05, 3.63) is 0 Å². The van der Waals surface area contributed by atoms with Gasteiger partial charge in [-0.3, -0.25) is 9.59 Å². The van der Waals surface area contributed by atoms with E-state index in [1.807, 2.05) is 0 Å². The van der Waals surface area contributed by atoms with Crippen LogP contribution in [0.25, 0.3) is 0 Å². The molecule has 96 valence electrons. The molecule has 17 heavy (non-hydrogen) atoms. The molecule has 2 aliphatic rings. The predicted octanol–water partition coefficient (Wildman–Crippen LogP) is 0.339. The molecular weight excluding hydrogens is 220 g/mol. The molecule has 2 N–H and O–H groups in total. The molecule has 0 aromatic rings. The first-order valence-corrected chi connectivity index (χ1v) is 6.42. The summed E-state index contributed by atoms with van der Waals surface area (Å²) in [6, 6.07) is 0.143. The van der Waals surface area contributed by atoms with Crippen molar-refractivity contribution in [3.63, 3.8) is 0 Å². The highest BCUT2D eigenvalue weighted by Crippen LogP contribution is 2.22. The molecule has 0 radical (unpaired) electrons. The Morgan fingerprint density at radius 3 is 2.76 bits per heavy atom. The Kier molecular flexibility index (Phi) is 3.99. The van der Waals surface area contributed by atoms with E-state index < -0.39 is 6.04 Å². The SMILES string of the molecule is CCOC(=O)C[C@@H]1N[C@@H]2CCCC[C@H]2NC1=O. The summed E-state index contributed by atoms with van der Waals surface area (Å²) in [5.41, 5.74) is 0. The van der Waals surface area contributed by atoms with Gasteiger partial charge in [0.1, 0.15) is 0 Å². The van der Waals surface area contributed by atoms with Gasteiger partial charge in [0.25, 0.3) is 0 Å². The molecule has 1 amide bonds. The van der Waals surface area contributed by atoms with Crippen LogP contribution in [0.1, 0.15) is 39.0 Å². The van der Waals surface area contributed by atoms with Crippen LogP contribution in [0.4, 0.5) is 0 Å². The molecule has 1 aliphatic heterocycles. The number of carbonyl (C=O) groups excluding carboxylic acids is 2. The first kappa shape index (κ1) is 12.4. The fourth-order valence-corrected chi connectivity index (χ4v) is 2.66. The smallest absolute Gasteiger partial charge is 0.307 e. The van der Waals surface area contributed by atoms with Crippen LogP contribution in [0.3, 0.4) is 0 Å². The van der Waals surface area contributed by atoms with Gasteiger partial charge in [-0.05, 0) is 19.8 Å². The third-order valence-electron chi connectivity index (χ3n) is 3.50. The largest absolute Gasteiger partial charge is 0.466 e. The summed E-state index contributed by atoms with van der Waals surface area (Å²) in [5, 5.41) is 6.29. The Balaban J connectivity index is 1.90. The lowest BCUT2D eigenvalue weighted by Crippen LogP contribution is -2.65. The molecule has 5 nitrogen and oxygen atoms in total. The van der Waals surface area contributed by atoms with Crippen LogP contribution in [-0.2, 0) is 14.3 Å². The molecule has 0 aromatic carbocycles. The predicted molar refractivity (Wildman–Crippen MR) is 62.4 cm³/mol. The maximum absolute atomic E-state index is 11.8. The molecule has 1 aliphatic carbocycles. The van der Waals surface area contributed by atoms with Crippen LogP contribution in [0.2, 0.25) is 0 Å². The van der Waals surface area contributed by atoms with Gasteiger partial charge in [0.05, 0.1) is 19.1 Å². The van der Waals surface area contributed by atoms with Gasteiger partial charge in [-0.1, -0.05) is 12.8 Å². The van der Waals surface area contributed by atoms with Crippen LogP contribution in [-0.4, -0.2) is 36.6 Å². The average molecular weight is 240 g/mol. The van der Waals surface area contributed by atoms with Gasteiger partial charge in [0, 0.05) is 12.1 Å². The van der Waals surface area contributed by atoms with Crippen molar-refractivity contribution < 1.29 is 14.3 Å². The zero-order valence-corrected chi connectivity index (χ0v) is 10.2. The molecule has 3 atom stereocenters. The molecule has 0 bridgehead atoms. The summed E-state index contributed by atoms with van der Waals surface area (Å²) in [7, 11) is 0. The Morgan fingerprint density at radius 1 is 1.35 bits per heavy atom. The number of hydrogen-bond donors (Lipinski definition) is 2. The van der Waals surface area contributed by atoms with Crippen molar-refractivity contribution in [1.29, 1.82) is 0 Å². The summed E-state index contributed by atoms with van der Waals surface area (Å²) >= 11 is 0. The minimum absolute atomic E-state index is 0.0683. The van der Waals surface area contributed by atoms with Gasteiger partial charge in [0.15, 0.2) is 0 Å². The van der Waals surface area contributed by atoms with E-state index in [2.05, 4.69) is 10.6 Å². The first-order chi connectivity index (χ1) is 8.20. The Morgan fingerprint density at radius 2 is 2.06 bits per heavy atom. The number of carbonyl (C=O) groups is 2. The number of amides is 1. The summed E-state index contributed by atoms with van der Waals surface area (Å²) < 4.78 is 4.87. The molecule has 1 saturated carbocycles. The van der Waals surface area contributed by atoms with Crippen molar-refractivity contribution in [3.8, 4) is 0 Å². The van der Waals surface area contributed by atoms with Crippen molar-refractivity contribution in [1.82, 2.24) is 10.6 Å². The minimum Gasteiger partial charge on any atom is -0.466 e. The van der Waals surface area contributed by atoms with E-state index in [0.29, 0.717) is 12.6 Å². The van der Waals surface area contributed by atoms with Crippen LogP contribution in [0.15, 0.2) is 0 Å². The van der Waals surface area contributed by atoms with E-state index in [0.717, 1.165) is 12.8 Å². The van der Waals surface area contributed by atoms with Crippen molar-refractivity contribution in [2.75, 3.05) is 6.61 Å². The molecule has 1 heterocycles. The second-order valence-corrected chi connectivity index (χ2v) is 4.73. The van der Waals surface area contributed by atoms with Gasteiger partial charge in [-0.2, -0.15) is 0 Å². The zero-order valence-electron chi connectivity index (χ0n) is 10.2. The molecule has 1 saturated heterocycles. The molecule has 2 fully saturated rings. The van der Waals surface area contributed by atoms with Gasteiger partial charge < -0.3 is 15.4 Å². The average Bonchev–Trinajstić information content (AvgIpc) is 2.30. The molecule has 0 spiro atoms. The lowest BCUT2D eigenvalue weighted by atomic mass is 9.87. The van der Waals surface area contributed by atoms with E-state index in [9.17, 15) is 9.59 Å². The highest BCUT2D eigenvalue weighted by molar-refractivity contribution is 5.87. The van der Waals surface area contributed by atoms with Gasteiger partial charge in [-0.15, -0.1) is 0 Å². The topological polar surface area (TPSA) is 67.4 Å². The highest BCUT2D eigenvalue weighted by atomic mass is 16.5. The summed E-state index contributed by atoms with van der Waals surface area (Å²) in [6.45, 7) is 2.13. The highest BCUT2D eigenvalue weighted by Gasteiger charge is 2.37. The number of esters is 1. The summed E-state index contributed by atoms with van der Waals surface area (Å²) in [6.07, 6.45) is 4.60. The maximum atomic E-state index is 11.8. The molecule has 5 heteroatoms. The van der Waals surface area contributed by atoms with Gasteiger partial charge >= 0.3 is 5.97 Å². The minimum atomic E-state index is -0.423. The Bertz CT molecular complexity index is 306. The van der Waals surface area contributed by atoms with Gasteiger partial charge in [-0.25, -0.2) is 0 Å². The van der Waals surface area contributed by atoms with Crippen LogP contribution < -0.4 is 10.6 Å². The summed E-state index contributed by atoms with van der Waals surface area (Å²) in [4.78, 5) is 23.2. The molecule has 0 unspecified atom stereocenters. The maximum Gasteiger partial charge on any atom is 0.307 e. The molecule has 0 aromatic heterocycles. The third-order valence-corrected chi connectivity index (χ3v) is 3.50. The Labute approximate surface area is 101 Å². The van der Waals surface area contributed by atoms with E-state index in [1.54, 1.807) is 6.92 Å². The van der Waals surface area contributed by atoms with Crippen LogP contribution in [0, 0.1) is 0 Å². The lowest BCUT2D eigenvalue weighted by molar-refractivity contribution is -0.146. The first-order valence-electron chi connectivity index (χ1n) is 6.42. The lowest BCUT2D eigenvalue weighted by Gasteiger charge is -2.40. The van der Waals surface area contributed by atoms with E-state index in [1.165, 1.54) is 12.8 Å². The second kappa shape index (κ2) is 5.49. The van der Waals surface area contributed by atoms with Crippen molar-refractivity contribution in [2.24, 2.45) is 0 Å². The van der Waals surface area contributed by atoms with Crippen molar-refractivity contribution >= 4 is 11.9 Å². The van der Waals surface area contributed by atoms with E-state index >= 15 is 0 Å². The number of nitrogens with one attached hydrogen (secondary N) is 2. The number of piperazine rings is 1. The summed E-state index contributed by atoms with van der Waals surface area (Å²) in [5.74, 6) is -0.379. The quantitative estimate of drug-likeness (QED) is 0.698. The second-order valence-electron chi connectivity index (χ2n) is 4.73. The van der Waals surface area contributed by atoms with Gasteiger partial charge in [0.2, 0.25) is 5.91 Å².